The summed E-state index contributed by atoms with van der Waals surface area (Å²) in [6.45, 7) is 7.59. The quantitative estimate of drug-likeness (QED) is 0.290. The van der Waals surface area contributed by atoms with E-state index in [0.29, 0.717) is 16.8 Å². The van der Waals surface area contributed by atoms with Gasteiger partial charge in [-0.1, -0.05) is 0 Å². The molecule has 1 heterocycles. The number of non-ortho nitro benzene ring substituents is 1. The van der Waals surface area contributed by atoms with Crippen LogP contribution in [0.4, 0.5) is 5.69 Å². The third-order valence-corrected chi connectivity index (χ3v) is 4.56. The maximum absolute atomic E-state index is 12.8. The number of nitrogens with zero attached hydrogens (tertiary/aromatic N) is 1. The standard InChI is InChI=1S/C21H22N2O8/c1-6-30-20(26)14-7-15(9-16(8-14)23(28)29)21(27)31-13(5)19(25)18-10(2)17(12(4)24)11(3)22-18/h7-9,13,22H,6H2,1-5H3. The smallest absolute Gasteiger partial charge is 0.339 e. The molecule has 0 saturated heterocycles. The van der Waals surface area contributed by atoms with Gasteiger partial charge in [0.05, 0.1) is 28.4 Å². The van der Waals surface area contributed by atoms with E-state index in [2.05, 4.69) is 4.98 Å². The fourth-order valence-corrected chi connectivity index (χ4v) is 3.18. The van der Waals surface area contributed by atoms with Crippen LogP contribution in [-0.2, 0) is 9.47 Å². The minimum atomic E-state index is -1.26. The molecule has 1 atom stereocenters. The number of ketones is 2. The Kier molecular flexibility index (Phi) is 7.06. The van der Waals surface area contributed by atoms with Gasteiger partial charge in [-0.3, -0.25) is 19.7 Å². The molecule has 31 heavy (non-hydrogen) atoms. The molecular formula is C21H22N2O8. The van der Waals surface area contributed by atoms with Crippen LogP contribution in [0.25, 0.3) is 0 Å². The fourth-order valence-electron chi connectivity index (χ4n) is 3.18. The van der Waals surface area contributed by atoms with Crippen LogP contribution in [0.1, 0.15) is 73.6 Å². The minimum absolute atomic E-state index is 0.0456. The number of aromatic amines is 1. The molecule has 1 aromatic carbocycles. The third-order valence-electron chi connectivity index (χ3n) is 4.56. The maximum atomic E-state index is 12.8. The molecule has 0 aliphatic heterocycles. The normalized spacial score (nSPS) is 11.5. The highest BCUT2D eigenvalue weighted by Gasteiger charge is 2.27. The van der Waals surface area contributed by atoms with Gasteiger partial charge >= 0.3 is 11.9 Å². The van der Waals surface area contributed by atoms with E-state index in [1.54, 1.807) is 20.8 Å². The van der Waals surface area contributed by atoms with Gasteiger partial charge < -0.3 is 14.5 Å². The molecule has 0 spiro atoms. The Balaban J connectivity index is 2.31. The van der Waals surface area contributed by atoms with Crippen molar-refractivity contribution in [2.45, 2.75) is 40.7 Å². The first-order valence-corrected chi connectivity index (χ1v) is 9.39. The first-order valence-electron chi connectivity index (χ1n) is 9.39. The predicted molar refractivity (Wildman–Crippen MR) is 109 cm³/mol. The van der Waals surface area contributed by atoms with E-state index in [1.165, 1.54) is 13.8 Å². The summed E-state index contributed by atoms with van der Waals surface area (Å²) in [5.41, 5.74) is 0.513. The van der Waals surface area contributed by atoms with E-state index in [-0.39, 0.29) is 29.2 Å². The average Bonchev–Trinajstić information content (AvgIpc) is 3.01. The number of hydrogen-bond donors (Lipinski definition) is 1. The van der Waals surface area contributed by atoms with Crippen molar-refractivity contribution in [3.63, 3.8) is 0 Å². The van der Waals surface area contributed by atoms with Crippen molar-refractivity contribution in [1.29, 1.82) is 0 Å². The van der Waals surface area contributed by atoms with Crippen molar-refractivity contribution in [2.24, 2.45) is 0 Å². The number of Topliss-reactive ketones (excluding diaryl/α,β-unsaturated/α-hetero) is 2. The Morgan fingerprint density at radius 2 is 1.68 bits per heavy atom. The Bertz CT molecular complexity index is 1080. The summed E-state index contributed by atoms with van der Waals surface area (Å²) in [6.07, 6.45) is -1.26. The van der Waals surface area contributed by atoms with Crippen LogP contribution in [0.15, 0.2) is 18.2 Å². The zero-order chi connectivity index (χ0) is 23.5. The molecule has 164 valence electrons. The number of carbonyl (C=O) groups is 4. The molecule has 10 heteroatoms. The number of nitro benzene ring substituents is 1. The Labute approximate surface area is 177 Å². The molecule has 1 unspecified atom stereocenters. The highest BCUT2D eigenvalue weighted by Crippen LogP contribution is 2.22. The largest absolute Gasteiger partial charge is 0.462 e. The average molecular weight is 430 g/mol. The van der Waals surface area contributed by atoms with Gasteiger partial charge in [-0.15, -0.1) is 0 Å². The molecule has 1 N–H and O–H groups in total. The number of esters is 2. The van der Waals surface area contributed by atoms with E-state index in [4.69, 9.17) is 9.47 Å². The molecule has 1 aromatic heterocycles. The van der Waals surface area contributed by atoms with E-state index < -0.39 is 34.4 Å². The molecular weight excluding hydrogens is 408 g/mol. The second kappa shape index (κ2) is 9.33. The molecule has 0 amide bonds. The van der Waals surface area contributed by atoms with Crippen molar-refractivity contribution in [3.05, 3.63) is 62.0 Å². The highest BCUT2D eigenvalue weighted by atomic mass is 16.6. The number of hydrogen-bond acceptors (Lipinski definition) is 8. The molecule has 10 nitrogen and oxygen atoms in total. The molecule has 0 bridgehead atoms. The number of benzene rings is 1. The number of carbonyl (C=O) groups excluding carboxylic acids is 4. The zero-order valence-electron chi connectivity index (χ0n) is 17.7. The summed E-state index contributed by atoms with van der Waals surface area (Å²) < 4.78 is 10.00. The van der Waals surface area contributed by atoms with Crippen LogP contribution in [0.2, 0.25) is 0 Å². The molecule has 0 aliphatic rings. The lowest BCUT2D eigenvalue weighted by molar-refractivity contribution is -0.384. The highest BCUT2D eigenvalue weighted by molar-refractivity contribution is 6.06. The maximum Gasteiger partial charge on any atom is 0.339 e. The van der Waals surface area contributed by atoms with Crippen LogP contribution >= 0.6 is 0 Å². The molecule has 2 rings (SSSR count). The summed E-state index contributed by atoms with van der Waals surface area (Å²) in [5.74, 6) is -2.64. The van der Waals surface area contributed by atoms with Crippen LogP contribution < -0.4 is 0 Å². The molecule has 0 radical (unpaired) electrons. The SMILES string of the molecule is CCOC(=O)c1cc(C(=O)OC(C)C(=O)c2[nH]c(C)c(C(C)=O)c2C)cc([N+](=O)[O-])c1. The van der Waals surface area contributed by atoms with Gasteiger partial charge in [0.1, 0.15) is 0 Å². The molecule has 2 aromatic rings. The first-order chi connectivity index (χ1) is 14.5. The van der Waals surface area contributed by atoms with Crippen LogP contribution in [0.5, 0.6) is 0 Å². The number of rotatable bonds is 8. The number of nitrogens with one attached hydrogen (secondary N) is 1. The number of nitro groups is 1. The van der Waals surface area contributed by atoms with Gasteiger partial charge in [-0.25, -0.2) is 9.59 Å². The monoisotopic (exact) mass is 430 g/mol. The second-order valence-electron chi connectivity index (χ2n) is 6.84. The van der Waals surface area contributed by atoms with E-state index in [1.807, 2.05) is 0 Å². The van der Waals surface area contributed by atoms with Gasteiger partial charge in [0.2, 0.25) is 5.78 Å². The molecule has 0 saturated carbocycles. The van der Waals surface area contributed by atoms with Crippen molar-refractivity contribution in [1.82, 2.24) is 4.98 Å². The second-order valence-corrected chi connectivity index (χ2v) is 6.84. The van der Waals surface area contributed by atoms with Crippen molar-refractivity contribution in [3.8, 4) is 0 Å². The van der Waals surface area contributed by atoms with Gasteiger partial charge in [0.15, 0.2) is 11.9 Å². The van der Waals surface area contributed by atoms with Gasteiger partial charge in [-0.2, -0.15) is 0 Å². The molecule has 0 fully saturated rings. The van der Waals surface area contributed by atoms with Gasteiger partial charge in [0, 0.05) is 23.4 Å². The minimum Gasteiger partial charge on any atom is -0.462 e. The summed E-state index contributed by atoms with van der Waals surface area (Å²) in [4.78, 5) is 62.3. The lowest BCUT2D eigenvalue weighted by Crippen LogP contribution is -2.25. The van der Waals surface area contributed by atoms with Crippen LogP contribution in [0, 0.1) is 24.0 Å². The van der Waals surface area contributed by atoms with Crippen molar-refractivity contribution >= 4 is 29.2 Å². The zero-order valence-corrected chi connectivity index (χ0v) is 17.7. The predicted octanol–water partition coefficient (Wildman–Crippen LogP) is 3.35. The number of aryl methyl sites for hydroxylation is 1. The Morgan fingerprint density at radius 1 is 1.10 bits per heavy atom. The van der Waals surface area contributed by atoms with Gasteiger partial charge in [0.25, 0.3) is 5.69 Å². The first kappa shape index (κ1) is 23.5. The number of ether oxygens (including phenoxy) is 2. The Morgan fingerprint density at radius 3 is 2.16 bits per heavy atom. The number of H-pyrrole nitrogens is 1. The summed E-state index contributed by atoms with van der Waals surface area (Å²) in [6, 6.07) is 3.03. The number of aromatic nitrogens is 1. The van der Waals surface area contributed by atoms with Gasteiger partial charge in [-0.05, 0) is 46.2 Å². The van der Waals surface area contributed by atoms with E-state index in [9.17, 15) is 29.3 Å². The Hall–Kier alpha value is -3.82. The van der Waals surface area contributed by atoms with Crippen molar-refractivity contribution in [2.75, 3.05) is 6.61 Å². The topological polar surface area (TPSA) is 146 Å². The summed E-state index contributed by atoms with van der Waals surface area (Å²) in [7, 11) is 0. The summed E-state index contributed by atoms with van der Waals surface area (Å²) >= 11 is 0. The molecule has 0 aliphatic carbocycles. The fraction of sp³-hybridized carbons (Fsp3) is 0.333. The lowest BCUT2D eigenvalue weighted by Gasteiger charge is -2.13. The van der Waals surface area contributed by atoms with Crippen LogP contribution in [0.3, 0.4) is 0 Å². The summed E-state index contributed by atoms with van der Waals surface area (Å²) in [5, 5.41) is 11.2. The third kappa shape index (κ3) is 5.03. The van der Waals surface area contributed by atoms with Crippen molar-refractivity contribution < 1.29 is 33.6 Å². The lowest BCUT2D eigenvalue weighted by atomic mass is 10.0. The van der Waals surface area contributed by atoms with E-state index >= 15 is 0 Å². The van der Waals surface area contributed by atoms with Crippen LogP contribution in [-0.4, -0.2) is 46.1 Å². The van der Waals surface area contributed by atoms with E-state index in [0.717, 1.165) is 18.2 Å².